The molecule has 0 aliphatic heterocycles. The molecule has 41 heavy (non-hydrogen) atoms. The predicted molar refractivity (Wildman–Crippen MR) is 153 cm³/mol. The maximum absolute atomic E-state index is 14.5. The highest BCUT2D eigenvalue weighted by molar-refractivity contribution is 5.94. The highest BCUT2D eigenvalue weighted by atomic mass is 16.6. The van der Waals surface area contributed by atoms with Crippen molar-refractivity contribution in [3.05, 3.63) is 64.7 Å². The lowest BCUT2D eigenvalue weighted by molar-refractivity contribution is -0.145. The zero-order chi connectivity index (χ0) is 30.5. The summed E-state index contributed by atoms with van der Waals surface area (Å²) in [5.41, 5.74) is 2.32. The van der Waals surface area contributed by atoms with Crippen LogP contribution in [0.3, 0.4) is 0 Å². The maximum Gasteiger partial charge on any atom is 0.408 e. The topological polar surface area (TPSA) is 134 Å². The van der Waals surface area contributed by atoms with Gasteiger partial charge in [-0.05, 0) is 75.8 Å². The summed E-state index contributed by atoms with van der Waals surface area (Å²) in [6, 6.07) is 9.55. The second kappa shape index (κ2) is 13.1. The second-order valence-electron chi connectivity index (χ2n) is 11.7. The van der Waals surface area contributed by atoms with Crippen molar-refractivity contribution in [2.24, 2.45) is 5.92 Å². The molecule has 2 aromatic rings. The minimum atomic E-state index is -1.08. The number of ether oxygens (including phenoxy) is 2. The van der Waals surface area contributed by atoms with Gasteiger partial charge in [0.1, 0.15) is 30.0 Å². The first-order valence-corrected chi connectivity index (χ1v) is 13.7. The molecule has 10 heteroatoms. The van der Waals surface area contributed by atoms with Gasteiger partial charge in [-0.2, -0.15) is 0 Å². The standard InChI is InChI=1S/C31H41N3O7/c1-18-8-13-23(19(2)14-18)27(28(37)32-17-26(36)40-7)34(25-15-20(25)3)29(38)24(33-30(39)41-31(4,5)6)16-21-9-11-22(35)12-10-21/h8-14,20,24-25,27,35H,15-17H2,1-7H3,(H,32,37)(H,33,39). The smallest absolute Gasteiger partial charge is 0.408 e. The zero-order valence-electron chi connectivity index (χ0n) is 24.8. The van der Waals surface area contributed by atoms with Crippen molar-refractivity contribution in [2.75, 3.05) is 13.7 Å². The Morgan fingerprint density at radius 1 is 1.07 bits per heavy atom. The van der Waals surface area contributed by atoms with Gasteiger partial charge in [0, 0.05) is 12.5 Å². The van der Waals surface area contributed by atoms with Crippen LogP contribution in [-0.4, -0.2) is 65.2 Å². The van der Waals surface area contributed by atoms with Crippen LogP contribution in [0.1, 0.15) is 62.4 Å². The predicted octanol–water partition coefficient (Wildman–Crippen LogP) is 3.71. The summed E-state index contributed by atoms with van der Waals surface area (Å²) in [5, 5.41) is 15.1. The number of phenolic OH excluding ortho intramolecular Hbond substituents is 1. The first kappa shape index (κ1) is 31.4. The van der Waals surface area contributed by atoms with Gasteiger partial charge in [0.25, 0.3) is 0 Å². The number of benzene rings is 2. The first-order chi connectivity index (χ1) is 19.2. The molecule has 4 unspecified atom stereocenters. The number of rotatable bonds is 10. The number of esters is 1. The first-order valence-electron chi connectivity index (χ1n) is 13.7. The molecule has 1 fully saturated rings. The molecule has 4 atom stereocenters. The molecule has 3 N–H and O–H groups in total. The quantitative estimate of drug-likeness (QED) is 0.373. The normalized spacial score (nSPS) is 17.5. The van der Waals surface area contributed by atoms with Crippen LogP contribution in [0.25, 0.3) is 0 Å². The summed E-state index contributed by atoms with van der Waals surface area (Å²) < 4.78 is 10.2. The number of nitrogens with zero attached hydrogens (tertiary/aromatic N) is 1. The van der Waals surface area contributed by atoms with Crippen molar-refractivity contribution in [1.29, 1.82) is 0 Å². The molecule has 1 aliphatic carbocycles. The van der Waals surface area contributed by atoms with Crippen molar-refractivity contribution in [3.8, 4) is 5.75 Å². The van der Waals surface area contributed by atoms with Crippen LogP contribution in [0.4, 0.5) is 4.79 Å². The van der Waals surface area contributed by atoms with Gasteiger partial charge >= 0.3 is 12.1 Å². The Kier molecular flexibility index (Phi) is 10.0. The molecule has 3 amide bonds. The molecule has 0 spiro atoms. The summed E-state index contributed by atoms with van der Waals surface area (Å²) >= 11 is 0. The Morgan fingerprint density at radius 3 is 2.24 bits per heavy atom. The van der Waals surface area contributed by atoms with E-state index in [0.717, 1.165) is 11.1 Å². The van der Waals surface area contributed by atoms with Gasteiger partial charge in [-0.3, -0.25) is 14.4 Å². The fourth-order valence-electron chi connectivity index (χ4n) is 4.75. The summed E-state index contributed by atoms with van der Waals surface area (Å²) in [5.74, 6) is -1.42. The summed E-state index contributed by atoms with van der Waals surface area (Å²) in [6.07, 6.45) is 0.00594. The molecule has 1 saturated carbocycles. The third-order valence-corrected chi connectivity index (χ3v) is 6.93. The lowest BCUT2D eigenvalue weighted by atomic mass is 9.95. The lowest BCUT2D eigenvalue weighted by Crippen LogP contribution is -2.55. The number of aromatic hydroxyl groups is 1. The highest BCUT2D eigenvalue weighted by Crippen LogP contribution is 2.41. The number of hydrogen-bond acceptors (Lipinski definition) is 7. The van der Waals surface area contributed by atoms with E-state index in [2.05, 4.69) is 10.6 Å². The molecule has 2 aromatic carbocycles. The molecular formula is C31H41N3O7. The van der Waals surface area contributed by atoms with E-state index in [0.29, 0.717) is 17.5 Å². The van der Waals surface area contributed by atoms with Crippen LogP contribution >= 0.6 is 0 Å². The largest absolute Gasteiger partial charge is 0.508 e. The molecule has 1 aliphatic rings. The molecule has 0 saturated heterocycles. The Labute approximate surface area is 241 Å². The summed E-state index contributed by atoms with van der Waals surface area (Å²) in [6.45, 7) is 10.6. The van der Waals surface area contributed by atoms with Gasteiger partial charge in [0.15, 0.2) is 0 Å². The van der Waals surface area contributed by atoms with Crippen molar-refractivity contribution in [2.45, 2.75) is 78.1 Å². The average molecular weight is 568 g/mol. The Balaban J connectivity index is 2.06. The van der Waals surface area contributed by atoms with Gasteiger partial charge in [0.05, 0.1) is 7.11 Å². The van der Waals surface area contributed by atoms with Gasteiger partial charge in [-0.15, -0.1) is 0 Å². The minimum absolute atomic E-state index is 0.0716. The molecule has 3 rings (SSSR count). The van der Waals surface area contributed by atoms with Crippen LogP contribution in [-0.2, 0) is 30.3 Å². The van der Waals surface area contributed by atoms with Crippen LogP contribution in [0.5, 0.6) is 5.75 Å². The molecular weight excluding hydrogens is 526 g/mol. The number of methoxy groups -OCH3 is 1. The van der Waals surface area contributed by atoms with Crippen LogP contribution in [0, 0.1) is 19.8 Å². The molecule has 0 aromatic heterocycles. The maximum atomic E-state index is 14.5. The number of alkyl carbamates (subject to hydrolysis) is 1. The second-order valence-corrected chi connectivity index (χ2v) is 11.7. The third kappa shape index (κ3) is 8.70. The van der Waals surface area contributed by atoms with Crippen molar-refractivity contribution >= 4 is 23.9 Å². The SMILES string of the molecule is COC(=O)CNC(=O)C(c1ccc(C)cc1C)N(C(=O)C(Cc1ccc(O)cc1)NC(=O)OC(C)(C)C)C1CC1C. The molecule has 10 nitrogen and oxygen atoms in total. The molecule has 0 bridgehead atoms. The monoisotopic (exact) mass is 567 g/mol. The summed E-state index contributed by atoms with van der Waals surface area (Å²) in [4.78, 5) is 54.5. The van der Waals surface area contributed by atoms with Gasteiger partial charge < -0.3 is 30.1 Å². The third-order valence-electron chi connectivity index (χ3n) is 6.93. The minimum Gasteiger partial charge on any atom is -0.508 e. The number of carbonyl (C=O) groups excluding carboxylic acids is 4. The van der Waals surface area contributed by atoms with E-state index in [1.807, 2.05) is 39.0 Å². The molecule has 222 valence electrons. The fourth-order valence-corrected chi connectivity index (χ4v) is 4.75. The summed E-state index contributed by atoms with van der Waals surface area (Å²) in [7, 11) is 1.23. The number of carbonyl (C=O) groups is 4. The Bertz CT molecular complexity index is 1270. The number of phenols is 1. The van der Waals surface area contributed by atoms with Crippen LogP contribution in [0.2, 0.25) is 0 Å². The van der Waals surface area contributed by atoms with Gasteiger partial charge in [-0.25, -0.2) is 4.79 Å². The Morgan fingerprint density at radius 2 is 1.71 bits per heavy atom. The van der Waals surface area contributed by atoms with Crippen molar-refractivity contribution in [3.63, 3.8) is 0 Å². The average Bonchev–Trinajstić information content (AvgIpc) is 3.61. The van der Waals surface area contributed by atoms with Crippen LogP contribution in [0.15, 0.2) is 42.5 Å². The van der Waals surface area contributed by atoms with E-state index in [1.165, 1.54) is 24.1 Å². The highest BCUT2D eigenvalue weighted by Gasteiger charge is 2.48. The van der Waals surface area contributed by atoms with E-state index < -0.39 is 41.6 Å². The van der Waals surface area contributed by atoms with E-state index in [4.69, 9.17) is 9.47 Å². The number of aryl methyl sites for hydroxylation is 2. The number of hydrogen-bond donors (Lipinski definition) is 3. The fraction of sp³-hybridized carbons (Fsp3) is 0.484. The zero-order valence-corrected chi connectivity index (χ0v) is 24.8. The van der Waals surface area contributed by atoms with E-state index in [1.54, 1.807) is 32.9 Å². The van der Waals surface area contributed by atoms with Gasteiger partial charge in [-0.1, -0.05) is 42.8 Å². The lowest BCUT2D eigenvalue weighted by Gasteiger charge is -2.35. The molecule has 0 radical (unpaired) electrons. The van der Waals surface area contributed by atoms with E-state index in [9.17, 15) is 24.3 Å². The number of nitrogens with one attached hydrogen (secondary N) is 2. The van der Waals surface area contributed by atoms with E-state index >= 15 is 0 Å². The Hall–Kier alpha value is -4.08. The van der Waals surface area contributed by atoms with Crippen molar-refractivity contribution < 1.29 is 33.8 Å². The van der Waals surface area contributed by atoms with Crippen LogP contribution < -0.4 is 10.6 Å². The van der Waals surface area contributed by atoms with Crippen molar-refractivity contribution in [1.82, 2.24) is 15.5 Å². The number of amides is 3. The molecule has 0 heterocycles. The van der Waals surface area contributed by atoms with Gasteiger partial charge in [0.2, 0.25) is 11.8 Å². The van der Waals surface area contributed by atoms with E-state index in [-0.39, 0.29) is 30.7 Å².